The Morgan fingerprint density at radius 2 is 2.13 bits per heavy atom. The van der Waals surface area contributed by atoms with E-state index in [0.717, 1.165) is 36.0 Å². The van der Waals surface area contributed by atoms with Crippen molar-refractivity contribution >= 4 is 29.7 Å². The molecule has 0 aliphatic carbocycles. The van der Waals surface area contributed by atoms with Crippen molar-refractivity contribution in [2.45, 2.75) is 13.0 Å². The Balaban J connectivity index is 0.00000192. The van der Waals surface area contributed by atoms with Gasteiger partial charge in [-0.05, 0) is 31.2 Å². The van der Waals surface area contributed by atoms with E-state index in [-0.39, 0.29) is 24.4 Å². The van der Waals surface area contributed by atoms with Crippen molar-refractivity contribution in [1.29, 1.82) is 0 Å². The number of carbonyl (C=O) groups excluding carboxylic acids is 1. The first kappa shape index (κ1) is 17.7. The van der Waals surface area contributed by atoms with Crippen LogP contribution in [0.15, 0.2) is 30.5 Å². The number of ether oxygens (including phenoxy) is 1. The monoisotopic (exact) mass is 353 g/mol. The number of benzene rings is 1. The maximum atomic E-state index is 12.6. The second kappa shape index (κ2) is 7.77. The molecule has 2 heterocycles. The van der Waals surface area contributed by atoms with Gasteiger partial charge in [0.1, 0.15) is 15.6 Å². The highest BCUT2D eigenvalue weighted by Crippen LogP contribution is 2.27. The largest absolute Gasteiger partial charge is 0.497 e. The smallest absolute Gasteiger partial charge is 0.265 e. The molecule has 7 heteroatoms. The highest BCUT2D eigenvalue weighted by molar-refractivity contribution is 7.16. The summed E-state index contributed by atoms with van der Waals surface area (Å²) in [7, 11) is 1.64. The zero-order valence-corrected chi connectivity index (χ0v) is 14.7. The molecule has 0 spiro atoms. The Bertz CT molecular complexity index is 660. The zero-order chi connectivity index (χ0) is 15.5. The van der Waals surface area contributed by atoms with E-state index >= 15 is 0 Å². The first-order valence-electron chi connectivity index (χ1n) is 7.31. The molecule has 0 saturated carbocycles. The van der Waals surface area contributed by atoms with Gasteiger partial charge in [-0.25, -0.2) is 4.98 Å². The molecular weight excluding hydrogens is 334 g/mol. The van der Waals surface area contributed by atoms with Crippen LogP contribution < -0.4 is 10.1 Å². The first-order valence-corrected chi connectivity index (χ1v) is 8.12. The van der Waals surface area contributed by atoms with Crippen LogP contribution in [0.5, 0.6) is 5.75 Å². The average Bonchev–Trinajstić information content (AvgIpc) is 3.05. The molecule has 1 amide bonds. The molecule has 1 saturated heterocycles. The molecule has 1 aliphatic heterocycles. The third-order valence-electron chi connectivity index (χ3n) is 3.82. The number of aromatic nitrogens is 1. The van der Waals surface area contributed by atoms with Gasteiger partial charge in [0, 0.05) is 31.2 Å². The lowest BCUT2D eigenvalue weighted by Gasteiger charge is -2.33. The highest BCUT2D eigenvalue weighted by atomic mass is 35.5. The SMILES string of the molecule is COc1ccc(-c2ncc(C(=O)N3CCNC[C@H]3C)s2)cc1.Cl. The van der Waals surface area contributed by atoms with Gasteiger partial charge in [0.05, 0.1) is 13.3 Å². The Labute approximate surface area is 146 Å². The molecule has 0 bridgehead atoms. The minimum absolute atomic E-state index is 0. The number of nitrogens with zero attached hydrogens (tertiary/aromatic N) is 2. The minimum atomic E-state index is 0. The summed E-state index contributed by atoms with van der Waals surface area (Å²) in [4.78, 5) is 19.6. The zero-order valence-electron chi connectivity index (χ0n) is 13.1. The summed E-state index contributed by atoms with van der Waals surface area (Å²) in [5.41, 5.74) is 0.998. The van der Waals surface area contributed by atoms with Crippen LogP contribution in [0.25, 0.3) is 10.6 Å². The Hall–Kier alpha value is -1.63. The van der Waals surface area contributed by atoms with Crippen molar-refractivity contribution in [1.82, 2.24) is 15.2 Å². The predicted molar refractivity (Wildman–Crippen MR) is 94.7 cm³/mol. The summed E-state index contributed by atoms with van der Waals surface area (Å²) < 4.78 is 5.16. The average molecular weight is 354 g/mol. The second-order valence-electron chi connectivity index (χ2n) is 5.31. The van der Waals surface area contributed by atoms with Gasteiger partial charge in [-0.15, -0.1) is 23.7 Å². The number of hydrogen-bond acceptors (Lipinski definition) is 5. The van der Waals surface area contributed by atoms with Crippen LogP contribution in [0.1, 0.15) is 16.6 Å². The fourth-order valence-electron chi connectivity index (χ4n) is 2.52. The normalized spacial score (nSPS) is 17.5. The number of methoxy groups -OCH3 is 1. The molecule has 1 N–H and O–H groups in total. The van der Waals surface area contributed by atoms with Gasteiger partial charge in [0.15, 0.2) is 0 Å². The summed E-state index contributed by atoms with van der Waals surface area (Å²) in [6.45, 7) is 4.50. The van der Waals surface area contributed by atoms with Crippen molar-refractivity contribution in [3.05, 3.63) is 35.3 Å². The van der Waals surface area contributed by atoms with Crippen LogP contribution in [0.4, 0.5) is 0 Å². The first-order chi connectivity index (χ1) is 10.7. The van der Waals surface area contributed by atoms with Crippen LogP contribution in [-0.2, 0) is 0 Å². The quantitative estimate of drug-likeness (QED) is 0.921. The summed E-state index contributed by atoms with van der Waals surface area (Å²) in [5.74, 6) is 0.887. The molecule has 1 aliphatic rings. The molecule has 1 aromatic carbocycles. The van der Waals surface area contributed by atoms with E-state index in [4.69, 9.17) is 4.74 Å². The van der Waals surface area contributed by atoms with E-state index in [1.165, 1.54) is 11.3 Å². The van der Waals surface area contributed by atoms with E-state index in [2.05, 4.69) is 17.2 Å². The summed E-state index contributed by atoms with van der Waals surface area (Å²) in [5, 5.41) is 4.15. The van der Waals surface area contributed by atoms with Gasteiger partial charge in [-0.2, -0.15) is 0 Å². The molecule has 124 valence electrons. The number of carbonyl (C=O) groups is 1. The molecule has 1 fully saturated rings. The van der Waals surface area contributed by atoms with Gasteiger partial charge < -0.3 is 15.0 Å². The Morgan fingerprint density at radius 3 is 2.78 bits per heavy atom. The van der Waals surface area contributed by atoms with Crippen molar-refractivity contribution in [3.8, 4) is 16.3 Å². The van der Waals surface area contributed by atoms with Crippen molar-refractivity contribution in [2.24, 2.45) is 0 Å². The lowest BCUT2D eigenvalue weighted by atomic mass is 10.2. The van der Waals surface area contributed by atoms with Crippen molar-refractivity contribution in [2.75, 3.05) is 26.7 Å². The molecule has 5 nitrogen and oxygen atoms in total. The molecule has 1 atom stereocenters. The molecule has 0 unspecified atom stereocenters. The number of amides is 1. The lowest BCUT2D eigenvalue weighted by molar-refractivity contribution is 0.0660. The molecule has 2 aromatic rings. The number of halogens is 1. The summed E-state index contributed by atoms with van der Waals surface area (Å²) >= 11 is 1.44. The van der Waals surface area contributed by atoms with E-state index in [9.17, 15) is 4.79 Å². The Kier molecular flexibility index (Phi) is 5.98. The number of nitrogens with one attached hydrogen (secondary N) is 1. The van der Waals surface area contributed by atoms with Crippen LogP contribution in [0, 0.1) is 0 Å². The van der Waals surface area contributed by atoms with Gasteiger partial charge in [0.25, 0.3) is 5.91 Å². The van der Waals surface area contributed by atoms with E-state index in [1.807, 2.05) is 29.2 Å². The van der Waals surface area contributed by atoms with Crippen molar-refractivity contribution in [3.63, 3.8) is 0 Å². The van der Waals surface area contributed by atoms with Crippen LogP contribution in [0.3, 0.4) is 0 Å². The van der Waals surface area contributed by atoms with Gasteiger partial charge in [0.2, 0.25) is 0 Å². The summed E-state index contributed by atoms with van der Waals surface area (Å²) in [6.07, 6.45) is 1.68. The van der Waals surface area contributed by atoms with Gasteiger partial charge >= 0.3 is 0 Å². The van der Waals surface area contributed by atoms with Crippen LogP contribution in [-0.4, -0.2) is 48.6 Å². The molecule has 1 aromatic heterocycles. The molecule has 23 heavy (non-hydrogen) atoms. The van der Waals surface area contributed by atoms with E-state index in [0.29, 0.717) is 4.88 Å². The van der Waals surface area contributed by atoms with E-state index < -0.39 is 0 Å². The number of hydrogen-bond donors (Lipinski definition) is 1. The third kappa shape index (κ3) is 3.83. The third-order valence-corrected chi connectivity index (χ3v) is 4.85. The molecule has 3 rings (SSSR count). The van der Waals surface area contributed by atoms with Gasteiger partial charge in [-0.3, -0.25) is 4.79 Å². The van der Waals surface area contributed by atoms with Crippen molar-refractivity contribution < 1.29 is 9.53 Å². The predicted octanol–water partition coefficient (Wildman–Crippen LogP) is 2.67. The minimum Gasteiger partial charge on any atom is -0.497 e. The Morgan fingerprint density at radius 1 is 1.39 bits per heavy atom. The number of thiazole rings is 1. The second-order valence-corrected chi connectivity index (χ2v) is 6.34. The number of piperazine rings is 1. The van der Waals surface area contributed by atoms with E-state index in [1.54, 1.807) is 13.3 Å². The molecule has 0 radical (unpaired) electrons. The van der Waals surface area contributed by atoms with Crippen LogP contribution in [0.2, 0.25) is 0 Å². The number of rotatable bonds is 3. The fraction of sp³-hybridized carbons (Fsp3) is 0.375. The highest BCUT2D eigenvalue weighted by Gasteiger charge is 2.25. The lowest BCUT2D eigenvalue weighted by Crippen LogP contribution is -2.52. The summed E-state index contributed by atoms with van der Waals surface area (Å²) in [6, 6.07) is 7.93. The maximum absolute atomic E-state index is 12.6. The van der Waals surface area contributed by atoms with Crippen LogP contribution >= 0.6 is 23.7 Å². The topological polar surface area (TPSA) is 54.5 Å². The molecular formula is C16H20ClN3O2S. The van der Waals surface area contributed by atoms with Gasteiger partial charge in [-0.1, -0.05) is 0 Å². The maximum Gasteiger partial charge on any atom is 0.265 e. The standard InChI is InChI=1S/C16H19N3O2S.ClH/c1-11-9-17-7-8-19(11)16(20)14-10-18-15(22-14)12-3-5-13(21-2)6-4-12;/h3-6,10-11,17H,7-9H2,1-2H3;1H/t11-;/m1./s1. The fourth-order valence-corrected chi connectivity index (χ4v) is 3.40.